The Morgan fingerprint density at radius 1 is 1.07 bits per heavy atom. The average Bonchev–Trinajstić information content (AvgIpc) is 3.73. The lowest BCUT2D eigenvalue weighted by atomic mass is 10.1. The number of carbonyl (C=O) groups is 2. The third kappa shape index (κ3) is 8.58. The Morgan fingerprint density at radius 3 is 2.38 bits per heavy atom. The van der Waals surface area contributed by atoms with Gasteiger partial charge in [-0.25, -0.2) is 12.8 Å². The molecule has 0 radical (unpaired) electrons. The highest BCUT2D eigenvalue weighted by Gasteiger charge is 2.37. The van der Waals surface area contributed by atoms with Gasteiger partial charge in [0.2, 0.25) is 5.91 Å². The van der Waals surface area contributed by atoms with E-state index in [0.717, 1.165) is 12.0 Å². The number of halogens is 1. The highest BCUT2D eigenvalue weighted by molar-refractivity contribution is 7.90. The second kappa shape index (κ2) is 13.4. The molecule has 1 aliphatic carbocycles. The number of amides is 2. The van der Waals surface area contributed by atoms with Gasteiger partial charge in [-0.3, -0.25) is 14.5 Å². The molecule has 2 aliphatic rings. The van der Waals surface area contributed by atoms with E-state index in [9.17, 15) is 22.4 Å². The quantitative estimate of drug-likeness (QED) is 0.375. The monoisotopic (exact) mass is 569 g/mol. The zero-order valence-corrected chi connectivity index (χ0v) is 23.5. The lowest BCUT2D eigenvalue weighted by molar-refractivity contribution is -0.135. The molecular weight excluding hydrogens is 533 g/mol. The first-order valence-electron chi connectivity index (χ1n) is 13.6. The fourth-order valence-corrected chi connectivity index (χ4v) is 5.58. The zero-order valence-electron chi connectivity index (χ0n) is 22.7. The number of hydrogen-bond donors (Lipinski definition) is 2. The summed E-state index contributed by atoms with van der Waals surface area (Å²) in [6, 6.07) is 14.5. The molecule has 2 fully saturated rings. The second-order valence-electron chi connectivity index (χ2n) is 10.6. The molecule has 2 aromatic rings. The Kier molecular flexibility index (Phi) is 9.90. The van der Waals surface area contributed by atoms with E-state index in [1.807, 2.05) is 23.1 Å². The smallest absolute Gasteiger partial charge is 0.251 e. The zero-order chi connectivity index (χ0) is 28.7. The van der Waals surface area contributed by atoms with Gasteiger partial charge in [0.1, 0.15) is 21.7 Å². The van der Waals surface area contributed by atoms with Crippen LogP contribution >= 0.6 is 0 Å². The van der Waals surface area contributed by atoms with Gasteiger partial charge in [0, 0.05) is 56.5 Å². The molecule has 0 spiro atoms. The minimum atomic E-state index is -3.06. The summed E-state index contributed by atoms with van der Waals surface area (Å²) in [4.78, 5) is 30.2. The van der Waals surface area contributed by atoms with Crippen molar-refractivity contribution in [2.45, 2.75) is 37.3 Å². The standard InChI is InChI=1S/C29H36FN5O4S/c1-40(38,39)18-17-34-13-15-35(16-14-34)29(37)26(33-28(36)23-6-4-21(20-31)5-7-23)3-2-12-32-27-19-25(27)22-8-10-24(30)11-9-22/h4-11,25-27,32H,2-3,12-19H2,1H3,(H,33,36)/t25-,26?,27+/m0/s1. The van der Waals surface area contributed by atoms with Crippen molar-refractivity contribution in [3.05, 3.63) is 71.0 Å². The Morgan fingerprint density at radius 2 is 1.75 bits per heavy atom. The predicted molar refractivity (Wildman–Crippen MR) is 150 cm³/mol. The van der Waals surface area contributed by atoms with Crippen molar-refractivity contribution in [3.8, 4) is 6.07 Å². The van der Waals surface area contributed by atoms with Gasteiger partial charge in [0.25, 0.3) is 5.91 Å². The summed E-state index contributed by atoms with van der Waals surface area (Å²) in [5.74, 6) is -0.335. The number of rotatable bonds is 12. The highest BCUT2D eigenvalue weighted by Crippen LogP contribution is 2.40. The van der Waals surface area contributed by atoms with Crippen molar-refractivity contribution < 1.29 is 22.4 Å². The predicted octanol–water partition coefficient (Wildman–Crippen LogP) is 1.91. The largest absolute Gasteiger partial charge is 0.340 e. The van der Waals surface area contributed by atoms with Crippen LogP contribution in [-0.4, -0.2) is 93.4 Å². The Labute approximate surface area is 235 Å². The number of sulfone groups is 1. The Bertz CT molecular complexity index is 1320. The number of hydrogen-bond acceptors (Lipinski definition) is 7. The van der Waals surface area contributed by atoms with E-state index < -0.39 is 15.9 Å². The van der Waals surface area contributed by atoms with Gasteiger partial charge in [-0.2, -0.15) is 5.26 Å². The van der Waals surface area contributed by atoms with E-state index in [1.54, 1.807) is 29.2 Å². The molecule has 2 N–H and O–H groups in total. The lowest BCUT2D eigenvalue weighted by Gasteiger charge is -2.36. The van der Waals surface area contributed by atoms with Crippen molar-refractivity contribution in [2.75, 3.05) is 51.3 Å². The van der Waals surface area contributed by atoms with Crippen LogP contribution in [0.1, 0.15) is 46.7 Å². The van der Waals surface area contributed by atoms with Crippen molar-refractivity contribution in [3.63, 3.8) is 0 Å². The second-order valence-corrected chi connectivity index (χ2v) is 12.9. The maximum atomic E-state index is 13.5. The van der Waals surface area contributed by atoms with E-state index in [-0.39, 0.29) is 23.4 Å². The summed E-state index contributed by atoms with van der Waals surface area (Å²) in [5, 5.41) is 15.4. The summed E-state index contributed by atoms with van der Waals surface area (Å²) in [7, 11) is -3.06. The van der Waals surface area contributed by atoms with Gasteiger partial charge in [-0.15, -0.1) is 0 Å². The van der Waals surface area contributed by atoms with Crippen LogP contribution in [0.2, 0.25) is 0 Å². The van der Waals surface area contributed by atoms with Gasteiger partial charge in [-0.1, -0.05) is 12.1 Å². The maximum Gasteiger partial charge on any atom is 0.251 e. The van der Waals surface area contributed by atoms with Gasteiger partial charge < -0.3 is 15.5 Å². The van der Waals surface area contributed by atoms with Gasteiger partial charge >= 0.3 is 0 Å². The number of carbonyl (C=O) groups excluding carboxylic acids is 2. The molecule has 0 bridgehead atoms. The van der Waals surface area contributed by atoms with Crippen LogP contribution in [0.3, 0.4) is 0 Å². The van der Waals surface area contributed by atoms with Gasteiger partial charge in [-0.05, 0) is 67.8 Å². The SMILES string of the molecule is CS(=O)(=O)CCN1CCN(C(=O)C(CCCN[C@@H]2C[C@H]2c2ccc(F)cc2)NC(=O)c2ccc(C#N)cc2)CC1. The van der Waals surface area contributed by atoms with Crippen LogP contribution in [0.25, 0.3) is 0 Å². The molecule has 9 nitrogen and oxygen atoms in total. The molecular formula is C29H36FN5O4S. The maximum absolute atomic E-state index is 13.5. The van der Waals surface area contributed by atoms with E-state index in [4.69, 9.17) is 5.26 Å². The summed E-state index contributed by atoms with van der Waals surface area (Å²) < 4.78 is 36.2. The molecule has 0 aromatic heterocycles. The molecule has 2 amide bonds. The minimum Gasteiger partial charge on any atom is -0.340 e. The van der Waals surface area contributed by atoms with E-state index in [2.05, 4.69) is 10.6 Å². The first-order valence-corrected chi connectivity index (χ1v) is 15.7. The highest BCUT2D eigenvalue weighted by atomic mass is 32.2. The molecule has 11 heteroatoms. The fraction of sp³-hybridized carbons (Fsp3) is 0.483. The molecule has 40 heavy (non-hydrogen) atoms. The molecule has 1 aliphatic heterocycles. The number of nitriles is 1. The Balaban J connectivity index is 1.31. The van der Waals surface area contributed by atoms with Crippen molar-refractivity contribution in [2.24, 2.45) is 0 Å². The van der Waals surface area contributed by atoms with Crippen LogP contribution in [0, 0.1) is 17.1 Å². The van der Waals surface area contributed by atoms with Crippen LogP contribution in [0.4, 0.5) is 4.39 Å². The topological polar surface area (TPSA) is 123 Å². The third-order valence-corrected chi connectivity index (χ3v) is 8.43. The molecule has 2 aromatic carbocycles. The summed E-state index contributed by atoms with van der Waals surface area (Å²) in [6.45, 7) is 3.19. The molecule has 1 saturated carbocycles. The summed E-state index contributed by atoms with van der Waals surface area (Å²) in [6.07, 6.45) is 3.32. The fourth-order valence-electron chi connectivity index (χ4n) is 4.99. The molecule has 1 saturated heterocycles. The first-order chi connectivity index (χ1) is 19.1. The van der Waals surface area contributed by atoms with Crippen LogP contribution in [0.5, 0.6) is 0 Å². The van der Waals surface area contributed by atoms with Gasteiger partial charge in [0.05, 0.1) is 17.4 Å². The van der Waals surface area contributed by atoms with Crippen molar-refractivity contribution in [1.82, 2.24) is 20.4 Å². The molecule has 4 rings (SSSR count). The number of piperazine rings is 1. The summed E-state index contributed by atoms with van der Waals surface area (Å²) >= 11 is 0. The molecule has 214 valence electrons. The molecule has 3 atom stereocenters. The normalized spacial score (nSPS) is 20.0. The molecule has 1 unspecified atom stereocenters. The minimum absolute atomic E-state index is 0.0836. The van der Waals surface area contributed by atoms with Crippen molar-refractivity contribution in [1.29, 1.82) is 5.26 Å². The van der Waals surface area contributed by atoms with E-state index in [1.165, 1.54) is 18.4 Å². The Hall–Kier alpha value is -3.33. The summed E-state index contributed by atoms with van der Waals surface area (Å²) in [5.41, 5.74) is 1.93. The van der Waals surface area contributed by atoms with Crippen LogP contribution < -0.4 is 10.6 Å². The van der Waals surface area contributed by atoms with Crippen molar-refractivity contribution >= 4 is 21.7 Å². The molecule has 1 heterocycles. The number of nitrogens with one attached hydrogen (secondary N) is 2. The number of benzene rings is 2. The lowest BCUT2D eigenvalue weighted by Crippen LogP contribution is -2.55. The third-order valence-electron chi connectivity index (χ3n) is 7.51. The van der Waals surface area contributed by atoms with Crippen LogP contribution in [0.15, 0.2) is 48.5 Å². The van der Waals surface area contributed by atoms with Crippen LogP contribution in [-0.2, 0) is 14.6 Å². The van der Waals surface area contributed by atoms with E-state index in [0.29, 0.717) is 75.2 Å². The van der Waals surface area contributed by atoms with Gasteiger partial charge in [0.15, 0.2) is 0 Å². The van der Waals surface area contributed by atoms with E-state index >= 15 is 0 Å². The first kappa shape index (κ1) is 29.6. The number of nitrogens with zero attached hydrogens (tertiary/aromatic N) is 3. The average molecular weight is 570 g/mol.